The van der Waals surface area contributed by atoms with Crippen molar-refractivity contribution < 1.29 is 13.7 Å². The second-order valence-electron chi connectivity index (χ2n) is 6.32. The van der Waals surface area contributed by atoms with Crippen LogP contribution in [0.5, 0.6) is 0 Å². The third-order valence-corrected chi connectivity index (χ3v) is 4.34. The van der Waals surface area contributed by atoms with Gasteiger partial charge in [0.25, 0.3) is 0 Å². The Kier molecular flexibility index (Phi) is 4.66. The molecule has 0 saturated heterocycles. The fourth-order valence-electron chi connectivity index (χ4n) is 2.91. The zero-order valence-electron chi connectivity index (χ0n) is 14.5. The van der Waals surface area contributed by atoms with E-state index in [1.165, 1.54) is 12.1 Å². The molecule has 0 aliphatic carbocycles. The third kappa shape index (κ3) is 4.03. The summed E-state index contributed by atoms with van der Waals surface area (Å²) < 4.78 is 18.3. The lowest BCUT2D eigenvalue weighted by atomic mass is 10.1. The van der Waals surface area contributed by atoms with Crippen LogP contribution in [0.15, 0.2) is 77.3 Å². The Hall–Kier alpha value is -3.47. The lowest BCUT2D eigenvalue weighted by Crippen LogP contribution is -2.24. The summed E-state index contributed by atoms with van der Waals surface area (Å²) in [6.45, 7) is 0.275. The molecule has 134 valence electrons. The van der Waals surface area contributed by atoms with Gasteiger partial charge in [-0.1, -0.05) is 53.7 Å². The normalized spacial score (nSPS) is 10.9. The largest absolute Gasteiger partial charge is 0.356 e. The third-order valence-electron chi connectivity index (χ3n) is 4.34. The minimum Gasteiger partial charge on any atom is -0.356 e. The van der Waals surface area contributed by atoms with Crippen LogP contribution < -0.4 is 5.32 Å². The fourth-order valence-corrected chi connectivity index (χ4v) is 2.91. The topological polar surface area (TPSA) is 55.1 Å². The highest BCUT2D eigenvalue weighted by atomic mass is 19.1. The zero-order valence-corrected chi connectivity index (χ0v) is 14.5. The van der Waals surface area contributed by atoms with Gasteiger partial charge in [-0.3, -0.25) is 4.79 Å². The Labute approximate surface area is 155 Å². The van der Waals surface area contributed by atoms with Crippen LogP contribution in [0.4, 0.5) is 4.39 Å². The van der Waals surface area contributed by atoms with E-state index in [1.807, 2.05) is 42.5 Å². The fraction of sp³-hybridized carbons (Fsp3) is 0.0909. The summed E-state index contributed by atoms with van der Waals surface area (Å²) in [5.74, 6) is 0.184. The molecule has 1 amide bonds. The molecule has 4 aromatic rings. The summed E-state index contributed by atoms with van der Waals surface area (Å²) in [6, 6.07) is 21.9. The molecule has 0 bridgehead atoms. The molecule has 27 heavy (non-hydrogen) atoms. The van der Waals surface area contributed by atoms with Crippen LogP contribution in [0.1, 0.15) is 11.3 Å². The molecular formula is C22H17FN2O2. The van der Waals surface area contributed by atoms with E-state index >= 15 is 0 Å². The molecule has 4 nitrogen and oxygen atoms in total. The highest BCUT2D eigenvalue weighted by Crippen LogP contribution is 2.25. The molecule has 0 unspecified atom stereocenters. The first kappa shape index (κ1) is 17.0. The number of nitrogens with zero attached hydrogens (tertiary/aromatic N) is 1. The Balaban J connectivity index is 1.40. The van der Waals surface area contributed by atoms with Gasteiger partial charge in [0.15, 0.2) is 5.76 Å². The summed E-state index contributed by atoms with van der Waals surface area (Å²) in [5.41, 5.74) is 2.33. The smallest absolute Gasteiger partial charge is 0.224 e. The van der Waals surface area contributed by atoms with Crippen molar-refractivity contribution in [3.05, 3.63) is 89.9 Å². The van der Waals surface area contributed by atoms with Gasteiger partial charge in [0.05, 0.1) is 13.0 Å². The molecule has 5 heteroatoms. The van der Waals surface area contributed by atoms with Crippen molar-refractivity contribution in [2.75, 3.05) is 0 Å². The monoisotopic (exact) mass is 360 g/mol. The molecule has 1 heterocycles. The van der Waals surface area contributed by atoms with Crippen LogP contribution in [0.2, 0.25) is 0 Å². The Morgan fingerprint density at radius 2 is 1.74 bits per heavy atom. The van der Waals surface area contributed by atoms with Gasteiger partial charge in [0.1, 0.15) is 11.5 Å². The molecular weight excluding hydrogens is 343 g/mol. The van der Waals surface area contributed by atoms with E-state index in [4.69, 9.17) is 4.52 Å². The highest BCUT2D eigenvalue weighted by Gasteiger charge is 2.09. The zero-order chi connectivity index (χ0) is 18.6. The Bertz CT molecular complexity index is 1090. The van der Waals surface area contributed by atoms with Gasteiger partial charge in [-0.2, -0.15) is 0 Å². The number of benzene rings is 3. The molecule has 4 rings (SSSR count). The predicted molar refractivity (Wildman–Crippen MR) is 101 cm³/mol. The number of hydrogen-bond donors (Lipinski definition) is 1. The summed E-state index contributed by atoms with van der Waals surface area (Å²) >= 11 is 0. The highest BCUT2D eigenvalue weighted by molar-refractivity contribution is 5.86. The number of aromatic nitrogens is 1. The van der Waals surface area contributed by atoms with E-state index in [-0.39, 0.29) is 24.7 Å². The maximum atomic E-state index is 12.9. The van der Waals surface area contributed by atoms with E-state index in [9.17, 15) is 9.18 Å². The lowest BCUT2D eigenvalue weighted by molar-refractivity contribution is -0.120. The summed E-state index contributed by atoms with van der Waals surface area (Å²) in [5, 5.41) is 9.11. The number of fused-ring (bicyclic) bond motifs is 1. The maximum Gasteiger partial charge on any atom is 0.224 e. The van der Waals surface area contributed by atoms with Crippen LogP contribution in [0.3, 0.4) is 0 Å². The van der Waals surface area contributed by atoms with Gasteiger partial charge in [-0.05, 0) is 34.5 Å². The van der Waals surface area contributed by atoms with Crippen molar-refractivity contribution in [1.82, 2.24) is 10.5 Å². The van der Waals surface area contributed by atoms with Crippen molar-refractivity contribution >= 4 is 16.7 Å². The van der Waals surface area contributed by atoms with E-state index in [0.717, 1.165) is 21.9 Å². The number of carbonyl (C=O) groups excluding carboxylic acids is 1. The molecule has 0 radical (unpaired) electrons. The average molecular weight is 360 g/mol. The lowest BCUT2D eigenvalue weighted by Gasteiger charge is -2.03. The van der Waals surface area contributed by atoms with Crippen LogP contribution in [0, 0.1) is 5.82 Å². The molecule has 0 saturated carbocycles. The van der Waals surface area contributed by atoms with Gasteiger partial charge in [-0.25, -0.2) is 4.39 Å². The van der Waals surface area contributed by atoms with Crippen LogP contribution in [-0.4, -0.2) is 11.1 Å². The molecule has 0 aliphatic heterocycles. The molecule has 3 aromatic carbocycles. The Morgan fingerprint density at radius 1 is 0.963 bits per heavy atom. The minimum atomic E-state index is -0.317. The molecule has 0 aliphatic rings. The number of rotatable bonds is 5. The first-order chi connectivity index (χ1) is 13.2. The van der Waals surface area contributed by atoms with E-state index < -0.39 is 0 Å². The Morgan fingerprint density at radius 3 is 2.56 bits per heavy atom. The van der Waals surface area contributed by atoms with E-state index in [2.05, 4.69) is 16.5 Å². The molecule has 1 N–H and O–H groups in total. The van der Waals surface area contributed by atoms with Gasteiger partial charge in [-0.15, -0.1) is 0 Å². The van der Waals surface area contributed by atoms with Gasteiger partial charge >= 0.3 is 0 Å². The van der Waals surface area contributed by atoms with Gasteiger partial charge in [0, 0.05) is 11.6 Å². The summed E-state index contributed by atoms with van der Waals surface area (Å²) in [7, 11) is 0. The number of hydrogen-bond acceptors (Lipinski definition) is 3. The molecule has 0 atom stereocenters. The predicted octanol–water partition coefficient (Wildman–Crippen LogP) is 4.49. The SMILES string of the molecule is O=C(Cc1ccc(F)cc1)NCc1cc(-c2ccc3ccccc3c2)on1. The van der Waals surface area contributed by atoms with Crippen LogP contribution in [0.25, 0.3) is 22.1 Å². The van der Waals surface area contributed by atoms with Crippen molar-refractivity contribution in [1.29, 1.82) is 0 Å². The maximum absolute atomic E-state index is 12.9. The average Bonchev–Trinajstić information content (AvgIpc) is 3.17. The number of amides is 1. The van der Waals surface area contributed by atoms with E-state index in [1.54, 1.807) is 12.1 Å². The van der Waals surface area contributed by atoms with Crippen molar-refractivity contribution in [2.45, 2.75) is 13.0 Å². The van der Waals surface area contributed by atoms with Crippen molar-refractivity contribution in [3.63, 3.8) is 0 Å². The second-order valence-corrected chi connectivity index (χ2v) is 6.32. The van der Waals surface area contributed by atoms with Crippen LogP contribution >= 0.6 is 0 Å². The first-order valence-corrected chi connectivity index (χ1v) is 8.63. The number of carbonyl (C=O) groups is 1. The van der Waals surface area contributed by atoms with Gasteiger partial charge < -0.3 is 9.84 Å². The van der Waals surface area contributed by atoms with Crippen molar-refractivity contribution in [2.24, 2.45) is 0 Å². The minimum absolute atomic E-state index is 0.156. The molecule has 0 fully saturated rings. The molecule has 1 aromatic heterocycles. The van der Waals surface area contributed by atoms with E-state index in [0.29, 0.717) is 11.5 Å². The van der Waals surface area contributed by atoms with Gasteiger partial charge in [0.2, 0.25) is 5.91 Å². The van der Waals surface area contributed by atoms with Crippen molar-refractivity contribution in [3.8, 4) is 11.3 Å². The number of nitrogens with one attached hydrogen (secondary N) is 1. The first-order valence-electron chi connectivity index (χ1n) is 8.63. The quantitative estimate of drug-likeness (QED) is 0.570. The summed E-state index contributed by atoms with van der Waals surface area (Å²) in [4.78, 5) is 12.0. The number of halogens is 1. The molecule has 0 spiro atoms. The van der Waals surface area contributed by atoms with Crippen LogP contribution in [-0.2, 0) is 17.8 Å². The standard InChI is InChI=1S/C22H17FN2O2/c23-19-9-5-15(6-10-19)11-22(26)24-14-20-13-21(27-25-20)18-8-7-16-3-1-2-4-17(16)12-18/h1-10,12-13H,11,14H2,(H,24,26). The summed E-state index contributed by atoms with van der Waals surface area (Å²) in [6.07, 6.45) is 0.190. The second kappa shape index (κ2) is 7.41.